The smallest absolute Gasteiger partial charge is 0.338 e. The first-order valence-electron chi connectivity index (χ1n) is 7.75. The van der Waals surface area contributed by atoms with E-state index < -0.39 is 66.9 Å². The minimum Gasteiger partial charge on any atom is -0.479 e. The molecule has 0 amide bonds. The lowest BCUT2D eigenvalue weighted by molar-refractivity contribution is -0.259. The lowest BCUT2D eigenvalue weighted by atomic mass is 9.76. The molecule has 1 saturated heterocycles. The number of aliphatic hydroxyl groups excluding tert-OH is 4. The topological polar surface area (TPSA) is 145 Å². The molecule has 1 rings (SSSR count). The average molecular weight is 362 g/mol. The molecule has 0 aliphatic carbocycles. The Labute approximate surface area is 144 Å². The molecular weight excluding hydrogens is 339 g/mol. The molecule has 0 radical (unpaired) electrons. The number of ketones is 1. The zero-order valence-electron chi connectivity index (χ0n) is 13.7. The summed E-state index contributed by atoms with van der Waals surface area (Å²) in [6.07, 6.45) is -4.74. The Hall–Kier alpha value is -1.57. The molecule has 1 fully saturated rings. The Balaban J connectivity index is 3.14. The lowest BCUT2D eigenvalue weighted by Crippen LogP contribution is -2.66. The summed E-state index contributed by atoms with van der Waals surface area (Å²) in [5.41, 5.74) is -2.49. The van der Waals surface area contributed by atoms with Gasteiger partial charge in [-0.15, -0.1) is 12.3 Å². The van der Waals surface area contributed by atoms with Crippen molar-refractivity contribution < 1.29 is 44.2 Å². The molecule has 0 aromatic rings. The van der Waals surface area contributed by atoms with E-state index >= 15 is 0 Å². The second-order valence-corrected chi connectivity index (χ2v) is 6.24. The van der Waals surface area contributed by atoms with Crippen LogP contribution in [0.15, 0.2) is 0 Å². The van der Waals surface area contributed by atoms with Crippen molar-refractivity contribution in [2.45, 2.75) is 62.4 Å². The monoisotopic (exact) mass is 362 g/mol. The van der Waals surface area contributed by atoms with E-state index in [1.807, 2.05) is 0 Å². The van der Waals surface area contributed by atoms with E-state index in [2.05, 4.69) is 5.92 Å². The third-order valence-electron chi connectivity index (χ3n) is 4.42. The summed E-state index contributed by atoms with van der Waals surface area (Å²) in [7, 11) is 0. The van der Waals surface area contributed by atoms with E-state index in [9.17, 15) is 34.4 Å². The van der Waals surface area contributed by atoms with Gasteiger partial charge in [-0.1, -0.05) is 0 Å². The molecule has 0 saturated carbocycles. The average Bonchev–Trinajstić information content (AvgIpc) is 2.58. The number of hydrogen-bond donors (Lipinski definition) is 5. The van der Waals surface area contributed by atoms with Crippen molar-refractivity contribution >= 4 is 11.8 Å². The second kappa shape index (κ2) is 8.69. The highest BCUT2D eigenvalue weighted by atomic mass is 19.1. The predicted octanol–water partition coefficient (Wildman–Crippen LogP) is -1.37. The molecule has 1 aliphatic rings. The highest BCUT2D eigenvalue weighted by Gasteiger charge is 2.58. The summed E-state index contributed by atoms with van der Waals surface area (Å²) in [5.74, 6) is -1.21. The molecule has 0 spiro atoms. The van der Waals surface area contributed by atoms with Gasteiger partial charge in [0.2, 0.25) is 0 Å². The van der Waals surface area contributed by atoms with Crippen LogP contribution in [0.2, 0.25) is 0 Å². The molecule has 0 aromatic heterocycles. The molecule has 25 heavy (non-hydrogen) atoms. The van der Waals surface area contributed by atoms with Crippen LogP contribution < -0.4 is 0 Å². The SMILES string of the molecule is C#CCCC(=O)CC1C(O)C(F)C(C)(C(=O)O)OC1[C@H](O)[C@H](O)CO. The van der Waals surface area contributed by atoms with Gasteiger partial charge in [-0.25, -0.2) is 9.18 Å². The van der Waals surface area contributed by atoms with Crippen molar-refractivity contribution in [1.82, 2.24) is 0 Å². The third-order valence-corrected chi connectivity index (χ3v) is 4.42. The van der Waals surface area contributed by atoms with Crippen LogP contribution in [0.25, 0.3) is 0 Å². The number of alkyl halides is 1. The van der Waals surface area contributed by atoms with Gasteiger partial charge in [0.05, 0.1) is 18.8 Å². The summed E-state index contributed by atoms with van der Waals surface area (Å²) in [6.45, 7) is 0.00235. The maximum absolute atomic E-state index is 14.5. The van der Waals surface area contributed by atoms with Gasteiger partial charge < -0.3 is 30.3 Å². The summed E-state index contributed by atoms with van der Waals surface area (Å²) in [4.78, 5) is 23.3. The van der Waals surface area contributed by atoms with Gasteiger partial charge >= 0.3 is 5.97 Å². The number of carboxylic acid groups (broad SMARTS) is 1. The maximum Gasteiger partial charge on any atom is 0.338 e. The van der Waals surface area contributed by atoms with Gasteiger partial charge in [-0.3, -0.25) is 4.79 Å². The maximum atomic E-state index is 14.5. The Morgan fingerprint density at radius 1 is 1.40 bits per heavy atom. The highest BCUT2D eigenvalue weighted by molar-refractivity contribution is 5.80. The normalized spacial score (nSPS) is 34.8. The number of aliphatic carboxylic acids is 1. The zero-order chi connectivity index (χ0) is 19.4. The first kappa shape index (κ1) is 21.5. The standard InChI is InChI=1S/C16H23FO8/c1-3-4-5-8(19)6-9-11(21)14(17)16(2,15(23)24)25-13(9)12(22)10(20)7-18/h1,9-14,18,20-22H,4-7H2,2H3,(H,23,24)/t9?,10-,11?,12-,13?,14?,16?/m1/s1. The highest BCUT2D eigenvalue weighted by Crippen LogP contribution is 2.39. The number of carbonyl (C=O) groups is 2. The number of halogens is 1. The fourth-order valence-electron chi connectivity index (χ4n) is 2.80. The van der Waals surface area contributed by atoms with Crippen LogP contribution in [0.5, 0.6) is 0 Å². The van der Waals surface area contributed by atoms with Crippen LogP contribution in [0.3, 0.4) is 0 Å². The molecule has 1 aliphatic heterocycles. The molecule has 142 valence electrons. The molecular formula is C16H23FO8. The van der Waals surface area contributed by atoms with Crippen LogP contribution >= 0.6 is 0 Å². The summed E-state index contributed by atoms with van der Waals surface area (Å²) < 4.78 is 19.6. The van der Waals surface area contributed by atoms with E-state index in [1.54, 1.807) is 0 Å². The molecule has 8 nitrogen and oxygen atoms in total. The molecule has 1 heterocycles. The number of carbonyl (C=O) groups excluding carboxylic acids is 1. The number of rotatable bonds is 8. The van der Waals surface area contributed by atoms with Crippen LogP contribution in [-0.2, 0) is 14.3 Å². The number of carboxylic acids is 1. The first-order valence-corrected chi connectivity index (χ1v) is 7.75. The molecule has 5 N–H and O–H groups in total. The van der Waals surface area contributed by atoms with Gasteiger partial charge in [-0.05, 0) is 6.92 Å². The van der Waals surface area contributed by atoms with Crippen molar-refractivity contribution in [3.8, 4) is 12.3 Å². The third kappa shape index (κ3) is 4.54. The minimum absolute atomic E-state index is 0.0434. The fraction of sp³-hybridized carbons (Fsp3) is 0.750. The van der Waals surface area contributed by atoms with E-state index in [0.717, 1.165) is 6.92 Å². The number of hydrogen-bond acceptors (Lipinski definition) is 7. The van der Waals surface area contributed by atoms with Gasteiger partial charge in [0, 0.05) is 25.2 Å². The van der Waals surface area contributed by atoms with Crippen molar-refractivity contribution in [2.24, 2.45) is 5.92 Å². The lowest BCUT2D eigenvalue weighted by Gasteiger charge is -2.47. The fourth-order valence-corrected chi connectivity index (χ4v) is 2.80. The molecule has 0 aromatic carbocycles. The summed E-state index contributed by atoms with van der Waals surface area (Å²) in [6, 6.07) is 0. The van der Waals surface area contributed by atoms with Crippen molar-refractivity contribution in [1.29, 1.82) is 0 Å². The molecule has 9 heteroatoms. The molecule has 0 bridgehead atoms. The first-order chi connectivity index (χ1) is 11.6. The predicted molar refractivity (Wildman–Crippen MR) is 82.1 cm³/mol. The van der Waals surface area contributed by atoms with Crippen molar-refractivity contribution in [3.63, 3.8) is 0 Å². The van der Waals surface area contributed by atoms with E-state index in [4.69, 9.17) is 16.3 Å². The van der Waals surface area contributed by atoms with Crippen molar-refractivity contribution in [3.05, 3.63) is 0 Å². The van der Waals surface area contributed by atoms with Gasteiger partial charge in [-0.2, -0.15) is 0 Å². The van der Waals surface area contributed by atoms with Gasteiger partial charge in [0.15, 0.2) is 11.8 Å². The van der Waals surface area contributed by atoms with Gasteiger partial charge in [0.1, 0.15) is 18.0 Å². The quantitative estimate of drug-likeness (QED) is 0.333. The second-order valence-electron chi connectivity index (χ2n) is 6.24. The van der Waals surface area contributed by atoms with E-state index in [0.29, 0.717) is 0 Å². The van der Waals surface area contributed by atoms with Crippen molar-refractivity contribution in [2.75, 3.05) is 6.61 Å². The Morgan fingerprint density at radius 2 is 2.00 bits per heavy atom. The van der Waals surface area contributed by atoms with Crippen LogP contribution in [0, 0.1) is 18.3 Å². The summed E-state index contributed by atoms with van der Waals surface area (Å²) in [5, 5.41) is 48.1. The van der Waals surface area contributed by atoms with Crippen LogP contribution in [-0.4, -0.2) is 80.1 Å². The Kier molecular flexibility index (Phi) is 7.46. The largest absolute Gasteiger partial charge is 0.479 e. The Morgan fingerprint density at radius 3 is 2.48 bits per heavy atom. The summed E-state index contributed by atoms with van der Waals surface area (Å²) >= 11 is 0. The Bertz CT molecular complexity index is 533. The van der Waals surface area contributed by atoms with Gasteiger partial charge in [0.25, 0.3) is 0 Å². The van der Waals surface area contributed by atoms with Crippen LogP contribution in [0.4, 0.5) is 4.39 Å². The number of terminal acetylenes is 1. The molecule has 5 unspecified atom stereocenters. The molecule has 7 atom stereocenters. The minimum atomic E-state index is -2.49. The zero-order valence-corrected chi connectivity index (χ0v) is 13.7. The number of ether oxygens (including phenoxy) is 1. The van der Waals surface area contributed by atoms with E-state index in [1.165, 1.54) is 0 Å². The number of Topliss-reactive ketones (excluding diaryl/α,β-unsaturated/α-hetero) is 1. The van der Waals surface area contributed by atoms with Crippen LogP contribution in [0.1, 0.15) is 26.2 Å². The number of aliphatic hydroxyl groups is 4. The van der Waals surface area contributed by atoms with E-state index in [-0.39, 0.29) is 12.8 Å².